The largest absolute Gasteiger partial charge is 0.251 e. The molecule has 4 nitrogen and oxygen atoms in total. The van der Waals surface area contributed by atoms with Crippen molar-refractivity contribution in [2.24, 2.45) is 5.14 Å². The van der Waals surface area contributed by atoms with Crippen molar-refractivity contribution in [3.63, 3.8) is 0 Å². The summed E-state index contributed by atoms with van der Waals surface area (Å²) < 4.78 is 26.4. The van der Waals surface area contributed by atoms with Crippen LogP contribution in [0.25, 0.3) is 20.9 Å². The topological polar surface area (TPSA) is 68.9 Å². The fourth-order valence-corrected chi connectivity index (χ4v) is 6.10. The van der Waals surface area contributed by atoms with Gasteiger partial charge in [0, 0.05) is 11.0 Å². The zero-order valence-electron chi connectivity index (χ0n) is 19.5. The van der Waals surface area contributed by atoms with Crippen molar-refractivity contribution >= 4 is 32.7 Å². The third kappa shape index (κ3) is 4.21. The lowest BCUT2D eigenvalue weighted by atomic mass is 9.91. The molecule has 2 aromatic carbocycles. The number of rotatable bonds is 7. The predicted molar refractivity (Wildman–Crippen MR) is 139 cm³/mol. The first kappa shape index (κ1) is 23.3. The Morgan fingerprint density at radius 1 is 1.12 bits per heavy atom. The van der Waals surface area contributed by atoms with Crippen LogP contribution in [0.4, 0.5) is 4.39 Å². The standard InChI is InChI=1S/C27H28FN3OS2/c1-17(16-26(2,3)34(29)32)18-9-10-20(21(28)15-18)24-30-22-11-12-23(31-25(22)33-24)27(13-14-27)19-7-5-4-6-8-19/h4-12,15,17H,13-14,16,29H2,1-3H3/t17-,34?/m1/s1. The maximum absolute atomic E-state index is 15.2. The van der Waals surface area contributed by atoms with Gasteiger partial charge in [0.1, 0.15) is 21.2 Å². The van der Waals surface area contributed by atoms with Crippen LogP contribution in [-0.4, -0.2) is 18.9 Å². The number of fused-ring (bicyclic) bond motifs is 1. The van der Waals surface area contributed by atoms with Crippen molar-refractivity contribution in [1.82, 2.24) is 9.97 Å². The summed E-state index contributed by atoms with van der Waals surface area (Å²) in [5, 5.41) is 6.25. The van der Waals surface area contributed by atoms with Gasteiger partial charge >= 0.3 is 0 Å². The summed E-state index contributed by atoms with van der Waals surface area (Å²) in [6.07, 6.45) is 2.78. The van der Waals surface area contributed by atoms with Crippen molar-refractivity contribution < 1.29 is 8.60 Å². The molecule has 2 heterocycles. The van der Waals surface area contributed by atoms with Crippen molar-refractivity contribution in [3.05, 3.63) is 83.3 Å². The molecule has 0 radical (unpaired) electrons. The summed E-state index contributed by atoms with van der Waals surface area (Å²) in [7, 11) is -1.44. The van der Waals surface area contributed by atoms with Crippen LogP contribution in [0.1, 0.15) is 62.8 Å². The zero-order chi connectivity index (χ0) is 24.1. The van der Waals surface area contributed by atoms with E-state index in [-0.39, 0.29) is 17.2 Å². The summed E-state index contributed by atoms with van der Waals surface area (Å²) in [6.45, 7) is 5.75. The zero-order valence-corrected chi connectivity index (χ0v) is 21.2. The minimum atomic E-state index is -1.44. The quantitative estimate of drug-likeness (QED) is 0.321. The highest BCUT2D eigenvalue weighted by molar-refractivity contribution is 7.84. The van der Waals surface area contributed by atoms with Crippen molar-refractivity contribution in [2.75, 3.05) is 0 Å². The first-order valence-corrected chi connectivity index (χ1v) is 13.5. The molecule has 0 saturated heterocycles. The van der Waals surface area contributed by atoms with E-state index in [0.717, 1.165) is 34.4 Å². The molecule has 0 aliphatic heterocycles. The molecule has 0 bridgehead atoms. The van der Waals surface area contributed by atoms with Crippen LogP contribution >= 0.6 is 11.3 Å². The third-order valence-corrected chi connectivity index (χ3v) is 9.21. The molecule has 176 valence electrons. The Labute approximate surface area is 206 Å². The van der Waals surface area contributed by atoms with E-state index in [0.29, 0.717) is 17.0 Å². The summed E-state index contributed by atoms with van der Waals surface area (Å²) in [5.41, 5.74) is 4.47. The average molecular weight is 494 g/mol. The molecule has 1 fully saturated rings. The Bertz CT molecular complexity index is 1380. The van der Waals surface area contributed by atoms with Crippen LogP contribution in [0.15, 0.2) is 60.7 Å². The van der Waals surface area contributed by atoms with Crippen LogP contribution < -0.4 is 5.14 Å². The number of aromatic nitrogens is 2. The van der Waals surface area contributed by atoms with Crippen molar-refractivity contribution in [1.29, 1.82) is 0 Å². The minimum Gasteiger partial charge on any atom is -0.251 e. The second-order valence-electron chi connectivity index (χ2n) is 9.89. The van der Waals surface area contributed by atoms with Crippen LogP contribution in [-0.2, 0) is 16.4 Å². The second kappa shape index (κ2) is 8.63. The van der Waals surface area contributed by atoms with Gasteiger partial charge in [-0.1, -0.05) is 54.7 Å². The van der Waals surface area contributed by atoms with E-state index in [1.54, 1.807) is 12.1 Å². The number of hydrogen-bond acceptors (Lipinski definition) is 4. The Morgan fingerprint density at radius 3 is 2.50 bits per heavy atom. The molecule has 1 saturated carbocycles. The molecule has 1 aliphatic rings. The monoisotopic (exact) mass is 493 g/mol. The Hall–Kier alpha value is -2.48. The summed E-state index contributed by atoms with van der Waals surface area (Å²) >= 11 is 1.43. The highest BCUT2D eigenvalue weighted by Gasteiger charge is 2.47. The lowest BCUT2D eigenvalue weighted by molar-refractivity contribution is 0.537. The van der Waals surface area contributed by atoms with Crippen LogP contribution in [0.5, 0.6) is 0 Å². The van der Waals surface area contributed by atoms with E-state index in [1.165, 1.54) is 16.9 Å². The smallest absolute Gasteiger partial charge is 0.144 e. The van der Waals surface area contributed by atoms with E-state index >= 15 is 4.39 Å². The normalized spacial score (nSPS) is 17.0. The predicted octanol–water partition coefficient (Wildman–Crippen LogP) is 6.47. The fourth-order valence-electron chi connectivity index (χ4n) is 4.72. The highest BCUT2D eigenvalue weighted by atomic mass is 32.2. The van der Waals surface area contributed by atoms with Gasteiger partial charge in [-0.2, -0.15) is 0 Å². The Morgan fingerprint density at radius 2 is 1.85 bits per heavy atom. The van der Waals surface area contributed by atoms with Gasteiger partial charge in [-0.25, -0.2) is 18.6 Å². The van der Waals surface area contributed by atoms with Crippen LogP contribution in [0, 0.1) is 5.82 Å². The van der Waals surface area contributed by atoms with Crippen molar-refractivity contribution in [2.45, 2.75) is 56.1 Å². The molecular formula is C27H28FN3OS2. The minimum absolute atomic E-state index is 0.0103. The molecule has 4 aromatic rings. The number of halogens is 1. The van der Waals surface area contributed by atoms with Crippen LogP contribution in [0.3, 0.4) is 0 Å². The molecule has 2 atom stereocenters. The number of pyridine rings is 1. The highest BCUT2D eigenvalue weighted by Crippen LogP contribution is 2.53. The van der Waals surface area contributed by atoms with Gasteiger partial charge in [-0.05, 0) is 74.4 Å². The molecule has 2 N–H and O–H groups in total. The average Bonchev–Trinajstić information content (AvgIpc) is 3.52. The maximum Gasteiger partial charge on any atom is 0.144 e. The number of nitrogens with zero attached hydrogens (tertiary/aromatic N) is 2. The lowest BCUT2D eigenvalue weighted by Crippen LogP contribution is -2.33. The maximum atomic E-state index is 15.2. The molecule has 5 rings (SSSR count). The number of hydrogen-bond donors (Lipinski definition) is 1. The van der Waals surface area contributed by atoms with E-state index in [4.69, 9.17) is 10.1 Å². The lowest BCUT2D eigenvalue weighted by Gasteiger charge is -2.25. The van der Waals surface area contributed by atoms with Gasteiger partial charge in [0.25, 0.3) is 0 Å². The summed E-state index contributed by atoms with van der Waals surface area (Å²) in [5.74, 6) is -0.281. The molecule has 0 amide bonds. The second-order valence-corrected chi connectivity index (χ2v) is 12.6. The molecule has 7 heteroatoms. The van der Waals surface area contributed by atoms with E-state index in [1.807, 2.05) is 39.0 Å². The first-order chi connectivity index (χ1) is 16.2. The van der Waals surface area contributed by atoms with Gasteiger partial charge in [-0.15, -0.1) is 0 Å². The Balaban J connectivity index is 1.43. The molecule has 1 unspecified atom stereocenters. The molecule has 2 aromatic heterocycles. The van der Waals surface area contributed by atoms with E-state index in [2.05, 4.69) is 35.3 Å². The number of benzene rings is 2. The van der Waals surface area contributed by atoms with Crippen LogP contribution in [0.2, 0.25) is 0 Å². The van der Waals surface area contributed by atoms with Gasteiger partial charge in [0.2, 0.25) is 0 Å². The third-order valence-electron chi connectivity index (χ3n) is 6.96. The molecular weight excluding hydrogens is 465 g/mol. The number of thiazole rings is 1. The SMILES string of the molecule is C[C@H](CC(C)(C)S(N)=O)c1ccc(-c2nc3ccc(C4(c5ccccc5)CC4)nc3s2)c(F)c1. The van der Waals surface area contributed by atoms with Gasteiger partial charge in [0.15, 0.2) is 0 Å². The summed E-state index contributed by atoms with van der Waals surface area (Å²) in [6, 6.07) is 19.9. The van der Waals surface area contributed by atoms with E-state index in [9.17, 15) is 4.21 Å². The van der Waals surface area contributed by atoms with Gasteiger partial charge < -0.3 is 0 Å². The molecule has 1 aliphatic carbocycles. The fraction of sp³-hybridized carbons (Fsp3) is 0.333. The van der Waals surface area contributed by atoms with E-state index < -0.39 is 15.7 Å². The Kier molecular flexibility index (Phi) is 5.91. The molecule has 34 heavy (non-hydrogen) atoms. The summed E-state index contributed by atoms with van der Waals surface area (Å²) in [4.78, 5) is 10.5. The number of nitrogens with two attached hydrogens (primary N) is 1. The molecule has 0 spiro atoms. The van der Waals surface area contributed by atoms with Gasteiger partial charge in [0.05, 0.1) is 21.4 Å². The van der Waals surface area contributed by atoms with Crippen molar-refractivity contribution in [3.8, 4) is 10.6 Å². The first-order valence-electron chi connectivity index (χ1n) is 11.5. The van der Waals surface area contributed by atoms with Gasteiger partial charge in [-0.3, -0.25) is 5.14 Å².